The number of alkyl halides is 3. The van der Waals surface area contributed by atoms with E-state index < -0.39 is 29.5 Å². The third kappa shape index (κ3) is 3.42. The average Bonchev–Trinajstić information content (AvgIpc) is 2.69. The summed E-state index contributed by atoms with van der Waals surface area (Å²) in [6.07, 6.45) is -4.11. The number of aliphatic hydroxyl groups is 1. The second kappa shape index (κ2) is 7.42. The van der Waals surface area contributed by atoms with E-state index in [-0.39, 0.29) is 28.4 Å². The molecule has 4 N–H and O–H groups in total. The summed E-state index contributed by atoms with van der Waals surface area (Å²) in [5.74, 6) is -1.70. The van der Waals surface area contributed by atoms with Gasteiger partial charge in [0.25, 0.3) is 5.56 Å². The predicted octanol–water partition coefficient (Wildman–Crippen LogP) is 5.06. The van der Waals surface area contributed by atoms with Crippen molar-refractivity contribution in [1.29, 1.82) is 0 Å². The summed E-state index contributed by atoms with van der Waals surface area (Å²) in [6.45, 7) is 2.80. The Morgan fingerprint density at radius 1 is 1.19 bits per heavy atom. The normalized spacial score (nSPS) is 22.5. The highest BCUT2D eigenvalue weighted by molar-refractivity contribution is 6.32. The Morgan fingerprint density at radius 2 is 1.91 bits per heavy atom. The Balaban J connectivity index is 1.83. The van der Waals surface area contributed by atoms with Crippen LogP contribution in [0.2, 0.25) is 5.02 Å². The number of hydrogen-bond acceptors (Lipinski definition) is 4. The SMILES string of the molecule is CC1(C)C[C@@](O)(C(F)(F)F)C(CNc2cccc3c(=O)[nH]ccc23)c2ccc(Cl)c(O)c21. The highest BCUT2D eigenvalue weighted by Crippen LogP contribution is 2.57. The summed E-state index contributed by atoms with van der Waals surface area (Å²) >= 11 is 6.05. The standard InChI is InChI=1S/C23H22ClF3N2O3/c1-21(2)11-22(32,23(25,26)27)15(14-6-7-16(24)19(30)18(14)21)10-29-17-5-3-4-13-12(17)8-9-28-20(13)31/h3-9,15,29-30,32H,10-11H2,1-2H3,(H,28,31)/t15?,22-/m0/s1. The predicted molar refractivity (Wildman–Crippen MR) is 118 cm³/mol. The van der Waals surface area contributed by atoms with Crippen LogP contribution >= 0.6 is 11.6 Å². The zero-order chi connectivity index (χ0) is 23.5. The van der Waals surface area contributed by atoms with Crippen LogP contribution in [0.4, 0.5) is 18.9 Å². The van der Waals surface area contributed by atoms with Gasteiger partial charge in [-0.3, -0.25) is 4.79 Å². The molecule has 1 aliphatic rings. The summed E-state index contributed by atoms with van der Waals surface area (Å²) in [5, 5.41) is 25.5. The summed E-state index contributed by atoms with van der Waals surface area (Å²) in [5.41, 5.74) is -3.62. The molecule has 0 spiro atoms. The second-order valence-corrected chi connectivity index (χ2v) is 9.26. The highest BCUT2D eigenvalue weighted by atomic mass is 35.5. The van der Waals surface area contributed by atoms with Crippen molar-refractivity contribution in [1.82, 2.24) is 4.98 Å². The molecule has 2 aromatic carbocycles. The lowest BCUT2D eigenvalue weighted by atomic mass is 9.61. The molecule has 9 heteroatoms. The molecule has 1 unspecified atom stereocenters. The van der Waals surface area contributed by atoms with Crippen LogP contribution in [-0.4, -0.2) is 33.5 Å². The van der Waals surface area contributed by atoms with Gasteiger partial charge < -0.3 is 20.5 Å². The molecular formula is C23H22ClF3N2O3. The smallest absolute Gasteiger partial charge is 0.417 e. The summed E-state index contributed by atoms with van der Waals surface area (Å²) in [7, 11) is 0. The summed E-state index contributed by atoms with van der Waals surface area (Å²) in [6, 6.07) is 9.30. The van der Waals surface area contributed by atoms with Gasteiger partial charge in [-0.25, -0.2) is 0 Å². The fraction of sp³-hybridized carbons (Fsp3) is 0.348. The van der Waals surface area contributed by atoms with E-state index >= 15 is 0 Å². The maximum absolute atomic E-state index is 14.2. The number of phenols is 1. The van der Waals surface area contributed by atoms with Crippen molar-refractivity contribution in [2.75, 3.05) is 11.9 Å². The van der Waals surface area contributed by atoms with Crippen molar-refractivity contribution in [3.05, 3.63) is 69.1 Å². The van der Waals surface area contributed by atoms with Gasteiger partial charge in [0.1, 0.15) is 5.75 Å². The lowest BCUT2D eigenvalue weighted by molar-refractivity contribution is -0.277. The quantitative estimate of drug-likeness (QED) is 0.435. The lowest BCUT2D eigenvalue weighted by Gasteiger charge is -2.49. The number of benzene rings is 2. The summed E-state index contributed by atoms with van der Waals surface area (Å²) in [4.78, 5) is 14.6. The molecule has 4 rings (SSSR count). The largest absolute Gasteiger partial charge is 0.506 e. The van der Waals surface area contributed by atoms with E-state index in [9.17, 15) is 28.2 Å². The van der Waals surface area contributed by atoms with Crippen molar-refractivity contribution in [3.63, 3.8) is 0 Å². The molecule has 1 aliphatic carbocycles. The number of anilines is 1. The number of nitrogens with one attached hydrogen (secondary N) is 2. The molecular weight excluding hydrogens is 445 g/mol. The Morgan fingerprint density at radius 3 is 2.59 bits per heavy atom. The molecule has 170 valence electrons. The Kier molecular flexibility index (Phi) is 5.21. The number of aromatic nitrogens is 1. The molecule has 0 saturated carbocycles. The minimum absolute atomic E-state index is 0.0364. The molecule has 3 aromatic rings. The monoisotopic (exact) mass is 466 g/mol. The number of phenolic OH excluding ortho intramolecular Hbond substituents is 1. The van der Waals surface area contributed by atoms with Crippen LogP contribution in [-0.2, 0) is 5.41 Å². The Hall–Kier alpha value is -2.71. The molecule has 2 atom stereocenters. The van der Waals surface area contributed by atoms with E-state index in [4.69, 9.17) is 11.6 Å². The van der Waals surface area contributed by atoms with Crippen LogP contribution in [0.3, 0.4) is 0 Å². The van der Waals surface area contributed by atoms with Gasteiger partial charge >= 0.3 is 6.18 Å². The number of pyridine rings is 1. The van der Waals surface area contributed by atoms with E-state index in [0.29, 0.717) is 22.0 Å². The van der Waals surface area contributed by atoms with Crippen molar-refractivity contribution < 1.29 is 23.4 Å². The number of aromatic amines is 1. The Bertz CT molecular complexity index is 1260. The van der Waals surface area contributed by atoms with Crippen LogP contribution in [0.15, 0.2) is 47.4 Å². The molecule has 0 amide bonds. The van der Waals surface area contributed by atoms with Crippen molar-refractivity contribution in [2.24, 2.45) is 0 Å². The van der Waals surface area contributed by atoms with E-state index in [2.05, 4.69) is 10.3 Å². The van der Waals surface area contributed by atoms with Gasteiger partial charge in [-0.2, -0.15) is 13.2 Å². The van der Waals surface area contributed by atoms with E-state index in [0.717, 1.165) is 0 Å². The zero-order valence-electron chi connectivity index (χ0n) is 17.3. The number of halogens is 4. The molecule has 0 radical (unpaired) electrons. The Labute approximate surface area is 186 Å². The maximum atomic E-state index is 14.2. The van der Waals surface area contributed by atoms with Crippen molar-refractivity contribution in [3.8, 4) is 5.75 Å². The van der Waals surface area contributed by atoms with E-state index in [1.165, 1.54) is 18.3 Å². The van der Waals surface area contributed by atoms with Gasteiger partial charge in [0.2, 0.25) is 0 Å². The molecule has 1 aromatic heterocycles. The molecule has 0 aliphatic heterocycles. The first-order valence-electron chi connectivity index (χ1n) is 10.0. The van der Waals surface area contributed by atoms with E-state index in [1.54, 1.807) is 38.1 Å². The van der Waals surface area contributed by atoms with Gasteiger partial charge in [-0.1, -0.05) is 37.6 Å². The second-order valence-electron chi connectivity index (χ2n) is 8.85. The van der Waals surface area contributed by atoms with Gasteiger partial charge in [0, 0.05) is 40.7 Å². The van der Waals surface area contributed by atoms with Crippen LogP contribution in [0.5, 0.6) is 5.75 Å². The maximum Gasteiger partial charge on any atom is 0.417 e. The van der Waals surface area contributed by atoms with E-state index in [1.807, 2.05) is 0 Å². The fourth-order valence-corrected chi connectivity index (χ4v) is 5.05. The number of aromatic hydroxyl groups is 1. The number of rotatable bonds is 3. The van der Waals surface area contributed by atoms with Crippen molar-refractivity contribution in [2.45, 2.75) is 43.4 Å². The minimum atomic E-state index is -4.92. The number of fused-ring (bicyclic) bond motifs is 2. The third-order valence-electron chi connectivity index (χ3n) is 6.30. The van der Waals surface area contributed by atoms with Crippen LogP contribution in [0, 0.1) is 0 Å². The first kappa shape index (κ1) is 22.5. The van der Waals surface area contributed by atoms with Crippen LogP contribution in [0.1, 0.15) is 37.3 Å². The van der Waals surface area contributed by atoms with Gasteiger partial charge in [-0.05, 0) is 41.7 Å². The van der Waals surface area contributed by atoms with Gasteiger partial charge in [0.05, 0.1) is 5.02 Å². The molecule has 1 heterocycles. The minimum Gasteiger partial charge on any atom is -0.506 e. The number of hydrogen-bond donors (Lipinski definition) is 4. The molecule has 0 saturated heterocycles. The third-order valence-corrected chi connectivity index (χ3v) is 6.61. The molecule has 32 heavy (non-hydrogen) atoms. The van der Waals surface area contributed by atoms with Crippen molar-refractivity contribution >= 4 is 28.1 Å². The first-order valence-corrected chi connectivity index (χ1v) is 10.4. The van der Waals surface area contributed by atoms with Gasteiger partial charge in [0.15, 0.2) is 5.60 Å². The topological polar surface area (TPSA) is 85.4 Å². The fourth-order valence-electron chi connectivity index (χ4n) is 4.89. The molecule has 0 fully saturated rings. The molecule has 0 bridgehead atoms. The molecule has 5 nitrogen and oxygen atoms in total. The first-order chi connectivity index (χ1) is 14.9. The summed E-state index contributed by atoms with van der Waals surface area (Å²) < 4.78 is 42.6. The number of H-pyrrole nitrogens is 1. The highest BCUT2D eigenvalue weighted by Gasteiger charge is 2.63. The average molecular weight is 467 g/mol. The lowest BCUT2D eigenvalue weighted by Crippen LogP contribution is -2.58. The van der Waals surface area contributed by atoms with Crippen LogP contribution < -0.4 is 10.9 Å². The zero-order valence-corrected chi connectivity index (χ0v) is 18.1. The van der Waals surface area contributed by atoms with Gasteiger partial charge in [-0.15, -0.1) is 0 Å². The van der Waals surface area contributed by atoms with Crippen LogP contribution in [0.25, 0.3) is 10.8 Å².